The van der Waals surface area contributed by atoms with Crippen LogP contribution in [0.5, 0.6) is 0 Å². The normalized spacial score (nSPS) is 22.1. The number of hydrogen-bond donors (Lipinski definition) is 0. The van der Waals surface area contributed by atoms with Gasteiger partial charge in [-0.25, -0.2) is 0 Å². The fourth-order valence-electron chi connectivity index (χ4n) is 2.69. The molecule has 1 fully saturated rings. The van der Waals surface area contributed by atoms with E-state index in [2.05, 4.69) is 42.8 Å². The average Bonchev–Trinajstić information content (AvgIpc) is 2.55. The van der Waals surface area contributed by atoms with Gasteiger partial charge in [-0.1, -0.05) is 36.9 Å². The number of hydrogen-bond acceptors (Lipinski definition) is 1. The Morgan fingerprint density at radius 3 is 3.06 bits per heavy atom. The smallest absolute Gasteiger partial charge is 0.00190 e. The Morgan fingerprint density at radius 2 is 2.24 bits per heavy atom. The lowest BCUT2D eigenvalue weighted by molar-refractivity contribution is 0.341. The van der Waals surface area contributed by atoms with Crippen molar-refractivity contribution in [2.24, 2.45) is 5.92 Å². The van der Waals surface area contributed by atoms with Gasteiger partial charge >= 0.3 is 0 Å². The van der Waals surface area contributed by atoms with Crippen LogP contribution in [0.15, 0.2) is 30.8 Å². The lowest BCUT2D eigenvalue weighted by atomic mass is 9.92. The van der Waals surface area contributed by atoms with Crippen molar-refractivity contribution in [3.05, 3.63) is 42.0 Å². The highest BCUT2D eigenvalue weighted by Gasteiger charge is 2.15. The van der Waals surface area contributed by atoms with Crippen molar-refractivity contribution in [1.82, 2.24) is 4.90 Å². The Morgan fingerprint density at radius 1 is 1.35 bits per heavy atom. The molecule has 1 atom stereocenters. The van der Waals surface area contributed by atoms with Gasteiger partial charge in [0.15, 0.2) is 0 Å². The van der Waals surface area contributed by atoms with Crippen LogP contribution in [-0.4, -0.2) is 25.0 Å². The minimum atomic E-state index is 0.861. The van der Waals surface area contributed by atoms with Gasteiger partial charge in [-0.15, -0.1) is 0 Å². The first-order chi connectivity index (χ1) is 8.28. The molecule has 0 aliphatic carbocycles. The number of nitrogens with zero attached hydrogens (tertiary/aromatic N) is 1. The Hall–Kier alpha value is -1.08. The highest BCUT2D eigenvalue weighted by Crippen LogP contribution is 2.21. The summed E-state index contributed by atoms with van der Waals surface area (Å²) in [4.78, 5) is 2.46. The van der Waals surface area contributed by atoms with Crippen molar-refractivity contribution in [3.63, 3.8) is 0 Å². The molecule has 1 unspecified atom stereocenters. The van der Waals surface area contributed by atoms with E-state index in [0.29, 0.717) is 0 Å². The lowest BCUT2D eigenvalue weighted by Crippen LogP contribution is -2.19. The second kappa shape index (κ2) is 6.02. The van der Waals surface area contributed by atoms with Gasteiger partial charge in [0.1, 0.15) is 0 Å². The molecule has 1 aliphatic heterocycles. The van der Waals surface area contributed by atoms with Crippen molar-refractivity contribution in [2.45, 2.75) is 25.7 Å². The van der Waals surface area contributed by atoms with Gasteiger partial charge in [0.25, 0.3) is 0 Å². The van der Waals surface area contributed by atoms with Crippen LogP contribution in [-0.2, 0) is 6.42 Å². The summed E-state index contributed by atoms with van der Waals surface area (Å²) in [6, 6.07) is 8.80. The molecular formula is C16H23N. The molecule has 92 valence electrons. The number of benzene rings is 1. The second-order valence-electron chi connectivity index (χ2n) is 5.25. The highest BCUT2D eigenvalue weighted by atomic mass is 15.1. The summed E-state index contributed by atoms with van der Waals surface area (Å²) < 4.78 is 0. The summed E-state index contributed by atoms with van der Waals surface area (Å²) in [5.74, 6) is 0.861. The van der Waals surface area contributed by atoms with Crippen LogP contribution in [0.3, 0.4) is 0 Å². The molecule has 0 spiro atoms. The monoisotopic (exact) mass is 229 g/mol. The maximum atomic E-state index is 3.84. The third-order valence-corrected chi connectivity index (χ3v) is 3.78. The van der Waals surface area contributed by atoms with E-state index >= 15 is 0 Å². The predicted octanol–water partition coefficient (Wildman–Crippen LogP) is 3.60. The van der Waals surface area contributed by atoms with E-state index in [1.165, 1.54) is 49.9 Å². The molecule has 1 aliphatic rings. The summed E-state index contributed by atoms with van der Waals surface area (Å²) in [7, 11) is 2.24. The van der Waals surface area contributed by atoms with E-state index < -0.39 is 0 Å². The molecule has 1 aromatic carbocycles. The molecule has 1 nitrogen and oxygen atoms in total. The molecule has 1 saturated heterocycles. The quantitative estimate of drug-likeness (QED) is 0.765. The Labute approximate surface area is 105 Å². The first-order valence-corrected chi connectivity index (χ1v) is 6.68. The maximum absolute atomic E-state index is 3.84. The molecule has 17 heavy (non-hydrogen) atoms. The highest BCUT2D eigenvalue weighted by molar-refractivity contribution is 5.47. The molecule has 2 rings (SSSR count). The van der Waals surface area contributed by atoms with Crippen LogP contribution < -0.4 is 0 Å². The summed E-state index contributed by atoms with van der Waals surface area (Å²) in [6.07, 6.45) is 7.24. The van der Waals surface area contributed by atoms with Gasteiger partial charge in [0.05, 0.1) is 0 Å². The minimum Gasteiger partial charge on any atom is -0.306 e. The summed E-state index contributed by atoms with van der Waals surface area (Å²) in [5, 5.41) is 0. The van der Waals surface area contributed by atoms with Gasteiger partial charge in [0, 0.05) is 0 Å². The van der Waals surface area contributed by atoms with Crippen LogP contribution in [0.25, 0.3) is 6.08 Å². The first-order valence-electron chi connectivity index (χ1n) is 6.68. The molecular weight excluding hydrogens is 206 g/mol. The third-order valence-electron chi connectivity index (χ3n) is 3.78. The van der Waals surface area contributed by atoms with Gasteiger partial charge in [-0.2, -0.15) is 0 Å². The van der Waals surface area contributed by atoms with Gasteiger partial charge in [-0.3, -0.25) is 0 Å². The van der Waals surface area contributed by atoms with Crippen LogP contribution in [0, 0.1) is 5.92 Å². The van der Waals surface area contributed by atoms with Crippen molar-refractivity contribution >= 4 is 6.08 Å². The van der Waals surface area contributed by atoms with Crippen molar-refractivity contribution in [1.29, 1.82) is 0 Å². The van der Waals surface area contributed by atoms with Crippen LogP contribution in [0.1, 0.15) is 30.4 Å². The fraction of sp³-hybridized carbons (Fsp3) is 0.500. The number of rotatable bonds is 3. The Balaban J connectivity index is 1.97. The maximum Gasteiger partial charge on any atom is -0.00190 e. The Kier molecular flexibility index (Phi) is 4.38. The molecule has 0 saturated carbocycles. The summed E-state index contributed by atoms with van der Waals surface area (Å²) in [5.41, 5.74) is 2.71. The Bertz CT molecular complexity index is 370. The van der Waals surface area contributed by atoms with Crippen LogP contribution in [0.4, 0.5) is 0 Å². The summed E-state index contributed by atoms with van der Waals surface area (Å²) >= 11 is 0. The SMILES string of the molecule is C=Cc1cccc(CC2CCCN(C)CC2)c1. The molecule has 0 radical (unpaired) electrons. The lowest BCUT2D eigenvalue weighted by Gasteiger charge is -2.15. The molecule has 1 aromatic rings. The second-order valence-corrected chi connectivity index (χ2v) is 5.25. The van der Waals surface area contributed by atoms with E-state index in [0.717, 1.165) is 5.92 Å². The van der Waals surface area contributed by atoms with Gasteiger partial charge in [-0.05, 0) is 62.9 Å². The standard InChI is InChI=1S/C16H23N/c1-3-14-6-4-7-16(12-14)13-15-8-5-10-17(2)11-9-15/h3-4,6-7,12,15H,1,5,8-11,13H2,2H3. The minimum absolute atomic E-state index is 0.861. The van der Waals surface area contributed by atoms with Crippen LogP contribution in [0.2, 0.25) is 0 Å². The molecule has 1 heteroatoms. The molecule has 1 heterocycles. The fourth-order valence-corrected chi connectivity index (χ4v) is 2.69. The summed E-state index contributed by atoms with van der Waals surface area (Å²) in [6.45, 7) is 6.36. The zero-order valence-corrected chi connectivity index (χ0v) is 10.9. The van der Waals surface area contributed by atoms with E-state index in [1.807, 2.05) is 6.08 Å². The number of likely N-dealkylation sites (tertiary alicyclic amines) is 1. The molecule has 0 N–H and O–H groups in total. The molecule has 0 amide bonds. The predicted molar refractivity (Wildman–Crippen MR) is 75.1 cm³/mol. The van der Waals surface area contributed by atoms with E-state index in [1.54, 1.807) is 0 Å². The van der Waals surface area contributed by atoms with Crippen molar-refractivity contribution in [3.8, 4) is 0 Å². The first kappa shape index (κ1) is 12.4. The van der Waals surface area contributed by atoms with Crippen LogP contribution >= 0.6 is 0 Å². The third kappa shape index (κ3) is 3.71. The topological polar surface area (TPSA) is 3.24 Å². The van der Waals surface area contributed by atoms with Crippen molar-refractivity contribution in [2.75, 3.05) is 20.1 Å². The largest absolute Gasteiger partial charge is 0.306 e. The van der Waals surface area contributed by atoms with E-state index in [-0.39, 0.29) is 0 Å². The zero-order valence-electron chi connectivity index (χ0n) is 10.9. The van der Waals surface area contributed by atoms with E-state index in [4.69, 9.17) is 0 Å². The molecule has 0 bridgehead atoms. The van der Waals surface area contributed by atoms with Gasteiger partial charge < -0.3 is 4.90 Å². The van der Waals surface area contributed by atoms with Gasteiger partial charge in [0.2, 0.25) is 0 Å². The average molecular weight is 229 g/mol. The molecule has 0 aromatic heterocycles. The van der Waals surface area contributed by atoms with Crippen molar-refractivity contribution < 1.29 is 0 Å². The zero-order chi connectivity index (χ0) is 12.1. The van der Waals surface area contributed by atoms with E-state index in [9.17, 15) is 0 Å².